The van der Waals surface area contributed by atoms with Crippen LogP contribution in [-0.2, 0) is 26.1 Å². The van der Waals surface area contributed by atoms with Gasteiger partial charge in [-0.25, -0.2) is 12.7 Å². The molecule has 0 N–H and O–H groups in total. The summed E-state index contributed by atoms with van der Waals surface area (Å²) in [5.41, 5.74) is 0.962. The van der Waals surface area contributed by atoms with E-state index in [9.17, 15) is 13.2 Å². The van der Waals surface area contributed by atoms with E-state index in [1.165, 1.54) is 21.9 Å². The number of carbonyl (C=O) groups is 1. The molecule has 29 heavy (non-hydrogen) atoms. The molecule has 3 rings (SSSR count). The lowest BCUT2D eigenvalue weighted by molar-refractivity contribution is -0.122. The number of piperidine rings is 1. The van der Waals surface area contributed by atoms with Crippen LogP contribution in [0.4, 0.5) is 0 Å². The first-order valence-corrected chi connectivity index (χ1v) is 12.3. The number of aromatic nitrogens is 1. The van der Waals surface area contributed by atoms with E-state index in [0.717, 1.165) is 16.0 Å². The highest BCUT2D eigenvalue weighted by atomic mass is 32.2. The average Bonchev–Trinajstić information content (AvgIpc) is 3.03. The van der Waals surface area contributed by atoms with Crippen LogP contribution < -0.4 is 9.54 Å². The summed E-state index contributed by atoms with van der Waals surface area (Å²) in [7, 11) is -1.70. The van der Waals surface area contributed by atoms with Gasteiger partial charge in [0.05, 0.1) is 36.1 Å². The van der Waals surface area contributed by atoms with Gasteiger partial charge in [-0.15, -0.1) is 0 Å². The molecule has 0 radical (unpaired) electrons. The standard InChI is InChI=1S/C19H27N3O5S2/c1-4-27-11-10-22-16-8-7-15(26-2)12-17(16)28-19(22)20-18(23)14-6-5-9-21(13-14)29(3,24)25/h7-8,12,14H,4-6,9-11,13H2,1-3H3. The number of nitrogens with zero attached hydrogens (tertiary/aromatic N) is 3. The Bertz CT molecular complexity index is 1040. The summed E-state index contributed by atoms with van der Waals surface area (Å²) in [5, 5.41) is 0. The minimum absolute atomic E-state index is 0.193. The molecule has 160 valence electrons. The van der Waals surface area contributed by atoms with Crippen molar-refractivity contribution in [1.82, 2.24) is 8.87 Å². The number of benzene rings is 1. The number of thiazole rings is 1. The molecule has 0 saturated carbocycles. The summed E-state index contributed by atoms with van der Waals surface area (Å²) in [4.78, 5) is 17.9. The minimum atomic E-state index is -3.31. The third-order valence-electron chi connectivity index (χ3n) is 4.96. The van der Waals surface area contributed by atoms with Gasteiger partial charge in [-0.05, 0) is 38.0 Å². The number of fused-ring (bicyclic) bond motifs is 1. The molecule has 0 bridgehead atoms. The molecule has 1 aromatic carbocycles. The first kappa shape index (κ1) is 21.9. The van der Waals surface area contributed by atoms with Gasteiger partial charge in [0.2, 0.25) is 10.0 Å². The first-order valence-electron chi connectivity index (χ1n) is 9.62. The second kappa shape index (κ2) is 9.38. The van der Waals surface area contributed by atoms with Gasteiger partial charge in [-0.3, -0.25) is 4.79 Å². The topological polar surface area (TPSA) is 90.2 Å². The van der Waals surface area contributed by atoms with Crippen LogP contribution in [0.3, 0.4) is 0 Å². The highest BCUT2D eigenvalue weighted by Gasteiger charge is 2.30. The van der Waals surface area contributed by atoms with Gasteiger partial charge in [-0.1, -0.05) is 11.3 Å². The fourth-order valence-electron chi connectivity index (χ4n) is 3.41. The predicted molar refractivity (Wildman–Crippen MR) is 113 cm³/mol. The van der Waals surface area contributed by atoms with Gasteiger partial charge >= 0.3 is 0 Å². The summed E-state index contributed by atoms with van der Waals surface area (Å²) < 4.78 is 38.8. The fraction of sp³-hybridized carbons (Fsp3) is 0.579. The zero-order valence-electron chi connectivity index (χ0n) is 17.0. The quantitative estimate of drug-likeness (QED) is 0.612. The normalized spacial score (nSPS) is 19.0. The van der Waals surface area contributed by atoms with Gasteiger partial charge in [-0.2, -0.15) is 4.99 Å². The number of amides is 1. The van der Waals surface area contributed by atoms with Gasteiger partial charge < -0.3 is 14.0 Å². The fourth-order valence-corrected chi connectivity index (χ4v) is 5.41. The van der Waals surface area contributed by atoms with E-state index >= 15 is 0 Å². The maximum absolute atomic E-state index is 12.9. The van der Waals surface area contributed by atoms with E-state index in [0.29, 0.717) is 43.9 Å². The lowest BCUT2D eigenvalue weighted by Crippen LogP contribution is -2.41. The molecule has 1 fully saturated rings. The molecule has 1 atom stereocenters. The van der Waals surface area contributed by atoms with Gasteiger partial charge in [0.1, 0.15) is 5.75 Å². The third-order valence-corrected chi connectivity index (χ3v) is 7.27. The Hall–Kier alpha value is -1.75. The van der Waals surface area contributed by atoms with Gasteiger partial charge in [0.15, 0.2) is 4.80 Å². The number of methoxy groups -OCH3 is 1. The van der Waals surface area contributed by atoms with E-state index in [-0.39, 0.29) is 12.5 Å². The van der Waals surface area contributed by atoms with E-state index in [2.05, 4.69) is 4.99 Å². The second-order valence-electron chi connectivity index (χ2n) is 6.98. The molecule has 2 heterocycles. The molecule has 8 nitrogen and oxygen atoms in total. The van der Waals surface area contributed by atoms with Crippen molar-refractivity contribution in [1.29, 1.82) is 0 Å². The summed E-state index contributed by atoms with van der Waals surface area (Å²) in [6.07, 6.45) is 2.48. The van der Waals surface area contributed by atoms with Crippen molar-refractivity contribution in [2.45, 2.75) is 26.3 Å². The maximum Gasteiger partial charge on any atom is 0.252 e. The second-order valence-corrected chi connectivity index (χ2v) is 9.97. The van der Waals surface area contributed by atoms with Gasteiger partial charge in [0.25, 0.3) is 5.91 Å². The zero-order valence-corrected chi connectivity index (χ0v) is 18.6. The number of rotatable bonds is 7. The van der Waals surface area contributed by atoms with Crippen LogP contribution in [0.1, 0.15) is 19.8 Å². The minimum Gasteiger partial charge on any atom is -0.497 e. The molecular weight excluding hydrogens is 414 g/mol. The van der Waals surface area contributed by atoms with E-state index in [1.54, 1.807) is 7.11 Å². The maximum atomic E-state index is 12.9. The Morgan fingerprint density at radius 2 is 2.17 bits per heavy atom. The Balaban J connectivity index is 1.94. The summed E-state index contributed by atoms with van der Waals surface area (Å²) in [6, 6.07) is 5.75. The van der Waals surface area contributed by atoms with Crippen LogP contribution in [0.2, 0.25) is 0 Å². The van der Waals surface area contributed by atoms with E-state index in [4.69, 9.17) is 9.47 Å². The molecule has 10 heteroatoms. The molecular formula is C19H27N3O5S2. The van der Waals surface area contributed by atoms with Crippen molar-refractivity contribution in [3.05, 3.63) is 23.0 Å². The van der Waals surface area contributed by atoms with Crippen LogP contribution >= 0.6 is 11.3 Å². The third kappa shape index (κ3) is 5.25. The molecule has 0 spiro atoms. The zero-order chi connectivity index (χ0) is 21.0. The largest absolute Gasteiger partial charge is 0.497 e. The summed E-state index contributed by atoms with van der Waals surface area (Å²) in [5.74, 6) is 0.0465. The number of hydrogen-bond acceptors (Lipinski definition) is 6. The number of carbonyl (C=O) groups excluding carboxylic acids is 1. The highest BCUT2D eigenvalue weighted by Crippen LogP contribution is 2.24. The Kier molecular flexibility index (Phi) is 7.10. The van der Waals surface area contributed by atoms with Gasteiger partial charge in [0, 0.05) is 26.2 Å². The molecule has 1 aliphatic rings. The lowest BCUT2D eigenvalue weighted by Gasteiger charge is -2.28. The van der Waals surface area contributed by atoms with Crippen LogP contribution in [0.15, 0.2) is 23.2 Å². The summed E-state index contributed by atoms with van der Waals surface area (Å²) >= 11 is 1.42. The van der Waals surface area contributed by atoms with E-state index in [1.807, 2.05) is 29.7 Å². The Morgan fingerprint density at radius 1 is 1.38 bits per heavy atom. The van der Waals surface area contributed by atoms with Crippen LogP contribution in [0.5, 0.6) is 5.75 Å². The van der Waals surface area contributed by atoms with Crippen molar-refractivity contribution in [3.8, 4) is 5.75 Å². The monoisotopic (exact) mass is 441 g/mol. The van der Waals surface area contributed by atoms with Crippen LogP contribution in [0, 0.1) is 5.92 Å². The van der Waals surface area contributed by atoms with E-state index < -0.39 is 15.9 Å². The smallest absolute Gasteiger partial charge is 0.252 e. The molecule has 2 aromatic rings. The Labute approximate surface area is 174 Å². The Morgan fingerprint density at radius 3 is 2.86 bits per heavy atom. The molecule has 1 unspecified atom stereocenters. The van der Waals surface area contributed by atoms with Crippen LogP contribution in [-0.4, -0.2) is 62.9 Å². The van der Waals surface area contributed by atoms with Crippen LogP contribution in [0.25, 0.3) is 10.2 Å². The molecule has 1 aromatic heterocycles. The lowest BCUT2D eigenvalue weighted by atomic mass is 9.99. The van der Waals surface area contributed by atoms with Crippen molar-refractivity contribution >= 4 is 37.5 Å². The molecule has 1 saturated heterocycles. The SMILES string of the molecule is CCOCCn1c(=NC(=O)C2CCCN(S(C)(=O)=O)C2)sc2cc(OC)ccc21. The predicted octanol–water partition coefficient (Wildman–Crippen LogP) is 1.85. The van der Waals surface area contributed by atoms with Crippen molar-refractivity contribution in [3.63, 3.8) is 0 Å². The molecule has 1 amide bonds. The number of ether oxygens (including phenoxy) is 2. The first-order chi connectivity index (χ1) is 13.8. The van der Waals surface area contributed by atoms with Crippen molar-refractivity contribution < 1.29 is 22.7 Å². The van der Waals surface area contributed by atoms with Crippen molar-refractivity contribution in [2.75, 3.05) is 39.7 Å². The van der Waals surface area contributed by atoms with Crippen molar-refractivity contribution in [2.24, 2.45) is 10.9 Å². The highest BCUT2D eigenvalue weighted by molar-refractivity contribution is 7.88. The molecule has 0 aliphatic carbocycles. The summed E-state index contributed by atoms with van der Waals surface area (Å²) in [6.45, 7) is 4.30. The molecule has 1 aliphatic heterocycles. The number of hydrogen-bond donors (Lipinski definition) is 0. The average molecular weight is 442 g/mol. The number of sulfonamides is 1.